The number of ether oxygens (including phenoxy) is 2. The molecule has 0 aliphatic carbocycles. The number of nitro benzene ring substituents is 1. The molecule has 9 heteroatoms. The molecule has 0 aliphatic rings. The Hall–Kier alpha value is -2.97. The molecular formula is C12H11FN4O4. The number of nitrogens with one attached hydrogen (secondary N) is 1. The molecule has 21 heavy (non-hydrogen) atoms. The molecule has 2 rings (SSSR count). The second kappa shape index (κ2) is 5.99. The molecule has 1 aromatic heterocycles. The van der Waals surface area contributed by atoms with Crippen LogP contribution < -0.4 is 14.8 Å². The van der Waals surface area contributed by atoms with E-state index in [0.717, 1.165) is 18.2 Å². The summed E-state index contributed by atoms with van der Waals surface area (Å²) in [5.41, 5.74) is -0.512. The van der Waals surface area contributed by atoms with Crippen molar-refractivity contribution in [3.63, 3.8) is 0 Å². The molecule has 0 bridgehead atoms. The van der Waals surface area contributed by atoms with E-state index in [1.54, 1.807) is 7.05 Å². The first-order valence-corrected chi connectivity index (χ1v) is 5.75. The number of anilines is 1. The van der Waals surface area contributed by atoms with Gasteiger partial charge < -0.3 is 14.8 Å². The molecule has 2 aromatic rings. The SMILES string of the molecule is CNc1ncnc(Oc2ccc(F)cc2[N+](=O)[O-])c1OC. The maximum absolute atomic E-state index is 13.1. The lowest BCUT2D eigenvalue weighted by Crippen LogP contribution is -2.02. The van der Waals surface area contributed by atoms with Gasteiger partial charge in [0, 0.05) is 7.05 Å². The fourth-order valence-corrected chi connectivity index (χ4v) is 1.62. The molecule has 110 valence electrons. The lowest BCUT2D eigenvalue weighted by molar-refractivity contribution is -0.385. The van der Waals surface area contributed by atoms with E-state index in [1.807, 2.05) is 0 Å². The molecule has 0 saturated carbocycles. The Morgan fingerprint density at radius 2 is 2.14 bits per heavy atom. The highest BCUT2D eigenvalue weighted by atomic mass is 19.1. The summed E-state index contributed by atoms with van der Waals surface area (Å²) in [4.78, 5) is 18.0. The van der Waals surface area contributed by atoms with Gasteiger partial charge in [0.25, 0.3) is 5.88 Å². The van der Waals surface area contributed by atoms with E-state index in [9.17, 15) is 14.5 Å². The minimum absolute atomic E-state index is 0.0217. The number of benzene rings is 1. The van der Waals surface area contributed by atoms with Gasteiger partial charge in [0.15, 0.2) is 5.82 Å². The van der Waals surface area contributed by atoms with Crippen LogP contribution in [0.25, 0.3) is 0 Å². The normalized spacial score (nSPS) is 10.0. The number of hydrogen-bond donors (Lipinski definition) is 1. The predicted molar refractivity (Wildman–Crippen MR) is 71.3 cm³/mol. The highest BCUT2D eigenvalue weighted by Crippen LogP contribution is 2.37. The Balaban J connectivity index is 2.46. The molecule has 8 nitrogen and oxygen atoms in total. The first-order chi connectivity index (χ1) is 10.1. The predicted octanol–water partition coefficient (Wildman–Crippen LogP) is 2.37. The van der Waals surface area contributed by atoms with E-state index >= 15 is 0 Å². The largest absolute Gasteiger partial charge is 0.489 e. The van der Waals surface area contributed by atoms with E-state index in [2.05, 4.69) is 15.3 Å². The molecule has 0 fully saturated rings. The van der Waals surface area contributed by atoms with Crippen LogP contribution in [0.5, 0.6) is 17.4 Å². The quantitative estimate of drug-likeness (QED) is 0.667. The van der Waals surface area contributed by atoms with Crippen molar-refractivity contribution in [1.82, 2.24) is 9.97 Å². The summed E-state index contributed by atoms with van der Waals surface area (Å²) in [5.74, 6) is -0.377. The van der Waals surface area contributed by atoms with Crippen LogP contribution in [-0.2, 0) is 0 Å². The summed E-state index contributed by atoms with van der Waals surface area (Å²) in [6, 6.07) is 2.96. The molecule has 1 N–H and O–H groups in total. The average Bonchev–Trinajstić information content (AvgIpc) is 2.48. The minimum atomic E-state index is -0.745. The molecule has 0 unspecified atom stereocenters. The van der Waals surface area contributed by atoms with Gasteiger partial charge in [0.1, 0.15) is 12.1 Å². The van der Waals surface area contributed by atoms with Crippen molar-refractivity contribution in [2.75, 3.05) is 19.5 Å². The van der Waals surface area contributed by atoms with E-state index < -0.39 is 16.4 Å². The van der Waals surface area contributed by atoms with Gasteiger partial charge in [-0.3, -0.25) is 10.1 Å². The standard InChI is InChI=1S/C12H11FN4O4/c1-14-11-10(20-2)12(16-6-15-11)21-9-4-3-7(13)5-8(9)17(18)19/h3-6H,1-2H3,(H,14,15,16). The van der Waals surface area contributed by atoms with Crippen molar-refractivity contribution in [3.8, 4) is 17.4 Å². The second-order valence-corrected chi connectivity index (χ2v) is 3.78. The molecule has 0 saturated heterocycles. The van der Waals surface area contributed by atoms with E-state index in [-0.39, 0.29) is 17.4 Å². The van der Waals surface area contributed by atoms with Crippen LogP contribution in [0.1, 0.15) is 0 Å². The summed E-state index contributed by atoms with van der Waals surface area (Å²) in [6.07, 6.45) is 1.21. The van der Waals surface area contributed by atoms with Crippen molar-refractivity contribution in [2.24, 2.45) is 0 Å². The third-order valence-corrected chi connectivity index (χ3v) is 2.54. The topological polar surface area (TPSA) is 99.4 Å². The van der Waals surface area contributed by atoms with E-state index in [0.29, 0.717) is 5.82 Å². The number of rotatable bonds is 5. The maximum Gasteiger partial charge on any atom is 0.314 e. The summed E-state index contributed by atoms with van der Waals surface area (Å²) in [5, 5.41) is 13.7. The highest BCUT2D eigenvalue weighted by Gasteiger charge is 2.20. The van der Waals surface area contributed by atoms with Gasteiger partial charge in [-0.05, 0) is 12.1 Å². The fourth-order valence-electron chi connectivity index (χ4n) is 1.62. The van der Waals surface area contributed by atoms with Crippen LogP contribution in [0.15, 0.2) is 24.5 Å². The lowest BCUT2D eigenvalue weighted by Gasteiger charge is -2.11. The summed E-state index contributed by atoms with van der Waals surface area (Å²) in [6.45, 7) is 0. The Morgan fingerprint density at radius 3 is 2.76 bits per heavy atom. The van der Waals surface area contributed by atoms with Crippen LogP contribution >= 0.6 is 0 Å². The monoisotopic (exact) mass is 294 g/mol. The van der Waals surface area contributed by atoms with Crippen LogP contribution in [0.3, 0.4) is 0 Å². The Bertz CT molecular complexity index is 680. The zero-order chi connectivity index (χ0) is 15.4. The molecule has 1 heterocycles. The Morgan fingerprint density at radius 1 is 1.38 bits per heavy atom. The third-order valence-electron chi connectivity index (χ3n) is 2.54. The zero-order valence-corrected chi connectivity index (χ0v) is 11.2. The molecule has 1 aromatic carbocycles. The minimum Gasteiger partial charge on any atom is -0.489 e. The number of halogens is 1. The number of methoxy groups -OCH3 is 1. The van der Waals surface area contributed by atoms with E-state index in [4.69, 9.17) is 9.47 Å². The Kier molecular flexibility index (Phi) is 4.12. The first kappa shape index (κ1) is 14.4. The second-order valence-electron chi connectivity index (χ2n) is 3.78. The van der Waals surface area contributed by atoms with Crippen molar-refractivity contribution in [1.29, 1.82) is 0 Å². The Labute approximate surface area is 118 Å². The molecule has 0 spiro atoms. The molecule has 0 atom stereocenters. The van der Waals surface area contributed by atoms with Crippen molar-refractivity contribution < 1.29 is 18.8 Å². The highest BCUT2D eigenvalue weighted by molar-refractivity contribution is 5.57. The number of aromatic nitrogens is 2. The third kappa shape index (κ3) is 2.96. The zero-order valence-electron chi connectivity index (χ0n) is 11.2. The summed E-state index contributed by atoms with van der Waals surface area (Å²) in [7, 11) is 3.00. The van der Waals surface area contributed by atoms with Crippen molar-refractivity contribution >= 4 is 11.5 Å². The number of nitrogens with zero attached hydrogens (tertiary/aromatic N) is 3. The smallest absolute Gasteiger partial charge is 0.314 e. The summed E-state index contributed by atoms with van der Waals surface area (Å²) < 4.78 is 23.6. The van der Waals surface area contributed by atoms with Crippen molar-refractivity contribution in [2.45, 2.75) is 0 Å². The van der Waals surface area contributed by atoms with Crippen LogP contribution in [0.2, 0.25) is 0 Å². The molecule has 0 amide bonds. The van der Waals surface area contributed by atoms with Crippen LogP contribution in [0, 0.1) is 15.9 Å². The van der Waals surface area contributed by atoms with Gasteiger partial charge in [-0.15, -0.1) is 0 Å². The summed E-state index contributed by atoms with van der Waals surface area (Å²) >= 11 is 0. The molecule has 0 aliphatic heterocycles. The van der Waals surface area contributed by atoms with E-state index in [1.165, 1.54) is 13.4 Å². The van der Waals surface area contributed by atoms with Crippen molar-refractivity contribution in [3.05, 3.63) is 40.5 Å². The fraction of sp³-hybridized carbons (Fsp3) is 0.167. The van der Waals surface area contributed by atoms with Gasteiger partial charge in [-0.1, -0.05) is 0 Å². The molecule has 0 radical (unpaired) electrons. The molecular weight excluding hydrogens is 283 g/mol. The lowest BCUT2D eigenvalue weighted by atomic mass is 10.3. The van der Waals surface area contributed by atoms with Gasteiger partial charge in [-0.25, -0.2) is 9.37 Å². The average molecular weight is 294 g/mol. The van der Waals surface area contributed by atoms with Gasteiger partial charge in [0.05, 0.1) is 18.1 Å². The van der Waals surface area contributed by atoms with Gasteiger partial charge in [0.2, 0.25) is 11.5 Å². The number of nitro groups is 1. The maximum atomic E-state index is 13.1. The van der Waals surface area contributed by atoms with Gasteiger partial charge >= 0.3 is 5.69 Å². The van der Waals surface area contributed by atoms with Crippen LogP contribution in [-0.4, -0.2) is 29.0 Å². The first-order valence-electron chi connectivity index (χ1n) is 5.75. The van der Waals surface area contributed by atoms with Crippen LogP contribution in [0.4, 0.5) is 15.9 Å². The van der Waals surface area contributed by atoms with Gasteiger partial charge in [-0.2, -0.15) is 4.98 Å². The number of hydrogen-bond acceptors (Lipinski definition) is 7.